The Morgan fingerprint density at radius 3 is 2.49 bits per heavy atom. The number of nitrogens with zero attached hydrogens (tertiary/aromatic N) is 5. The van der Waals surface area contributed by atoms with Crippen LogP contribution in [0.4, 0.5) is 0 Å². The summed E-state index contributed by atoms with van der Waals surface area (Å²) in [7, 11) is -4.68. The van der Waals surface area contributed by atoms with Crippen LogP contribution >= 0.6 is 34.9 Å². The number of hydrogen-bond acceptors (Lipinski definition) is 15. The molecule has 1 saturated heterocycles. The molecule has 0 aromatic carbocycles. The first kappa shape index (κ1) is 37.0. The van der Waals surface area contributed by atoms with Crippen molar-refractivity contribution in [2.75, 3.05) is 11.5 Å². The smallest absolute Gasteiger partial charge is 0.747 e. The molecule has 2 aliphatic rings. The molecule has 4 heterocycles. The molecule has 2 amide bonds. The zero-order chi connectivity index (χ0) is 26.2. The zero-order valence-corrected chi connectivity index (χ0v) is 29.9. The number of amides is 2. The standard InChI is InChI=1S/C17H16N6O9S4.3Na/c24-12(9(15(26)27)8-2-1-3-33-8)18-10-13(25)23-11(16(28)29)7(4-34-14(10)23)5-35-17-19-20-21-22(17)6-36(30,31)32;;;/h1-3,9-10,14H,4-6H2,(H,18,24)(H,26,27)(H,28,29)(H,30,31,32);;;/q;3*+1/p-3/t9?,10?,14-;;;/m1.../s1. The minimum atomic E-state index is -4.68. The third-order valence-electron chi connectivity index (χ3n) is 5.02. The van der Waals surface area contributed by atoms with Crippen LogP contribution < -0.4 is 104 Å². The Morgan fingerprint density at radius 1 is 1.23 bits per heavy atom. The fraction of sp³-hybridized carbons (Fsp3) is 0.353. The van der Waals surface area contributed by atoms with Crippen LogP contribution in [0.15, 0.2) is 33.9 Å². The maximum absolute atomic E-state index is 12.8. The van der Waals surface area contributed by atoms with Gasteiger partial charge >= 0.3 is 88.7 Å². The number of carbonyl (C=O) groups excluding carboxylic acids is 4. The second kappa shape index (κ2) is 15.5. The number of β-lactam (4-membered cyclic amide) rings is 1. The van der Waals surface area contributed by atoms with Crippen molar-refractivity contribution in [3.05, 3.63) is 33.7 Å². The molecule has 39 heavy (non-hydrogen) atoms. The van der Waals surface area contributed by atoms with E-state index >= 15 is 0 Å². The SMILES string of the molecule is O=C([O-])C1=C(CSc2nnnn2CS(=O)(=O)[O-])CS[C@@H]2C(NC(=O)C(C(=O)[O-])c3cccs3)C(=O)N12.[Na+].[Na+].[Na+]. The minimum absolute atomic E-state index is 0. The Balaban J connectivity index is 0.00000253. The van der Waals surface area contributed by atoms with E-state index in [2.05, 4.69) is 20.8 Å². The summed E-state index contributed by atoms with van der Waals surface area (Å²) in [5.74, 6) is -7.66. The summed E-state index contributed by atoms with van der Waals surface area (Å²) in [6.45, 7) is 0. The fourth-order valence-electron chi connectivity index (χ4n) is 3.51. The van der Waals surface area contributed by atoms with Crippen molar-refractivity contribution in [3.8, 4) is 0 Å². The van der Waals surface area contributed by atoms with Crippen molar-refractivity contribution >= 4 is 68.7 Å². The molecule has 0 saturated carbocycles. The maximum atomic E-state index is 12.8. The van der Waals surface area contributed by atoms with Gasteiger partial charge in [-0.05, 0) is 27.4 Å². The van der Waals surface area contributed by atoms with E-state index in [1.807, 2.05) is 0 Å². The number of hydrogen-bond donors (Lipinski definition) is 1. The number of tetrazole rings is 1. The molecule has 0 spiro atoms. The number of thiophene rings is 1. The number of rotatable bonds is 10. The van der Waals surface area contributed by atoms with Crippen molar-refractivity contribution < 1.29 is 131 Å². The maximum Gasteiger partial charge on any atom is 1.00 e. The number of carboxylic acids is 2. The number of thioether (sulfide) groups is 2. The summed E-state index contributed by atoms with van der Waals surface area (Å²) in [6.07, 6.45) is 0. The Labute approximate surface area is 299 Å². The number of carbonyl (C=O) groups is 4. The normalized spacial score (nSPS) is 18.9. The third-order valence-corrected chi connectivity index (χ3v) is 8.90. The van der Waals surface area contributed by atoms with E-state index in [4.69, 9.17) is 0 Å². The van der Waals surface area contributed by atoms with Crippen LogP contribution in [0.25, 0.3) is 0 Å². The Bertz CT molecular complexity index is 1370. The number of fused-ring (bicyclic) bond motifs is 1. The summed E-state index contributed by atoms with van der Waals surface area (Å²) in [5.41, 5.74) is -0.183. The van der Waals surface area contributed by atoms with Gasteiger partial charge in [-0.15, -0.1) is 28.2 Å². The van der Waals surface area contributed by atoms with Crippen LogP contribution in [0.2, 0.25) is 0 Å². The number of carboxylic acid groups (broad SMARTS) is 2. The molecular formula is C17H13N6Na3O9S4. The predicted octanol–water partition coefficient (Wildman–Crippen LogP) is -12.7. The van der Waals surface area contributed by atoms with E-state index < -0.39 is 62.8 Å². The third kappa shape index (κ3) is 8.53. The summed E-state index contributed by atoms with van der Waals surface area (Å²) in [5, 5.41) is 36.8. The summed E-state index contributed by atoms with van der Waals surface area (Å²) in [6, 6.07) is 1.84. The molecule has 0 bridgehead atoms. The summed E-state index contributed by atoms with van der Waals surface area (Å²) < 4.78 is 33.7. The number of nitrogens with one attached hydrogen (secondary N) is 1. The van der Waals surface area contributed by atoms with Crippen LogP contribution in [0.5, 0.6) is 0 Å². The molecule has 15 nitrogen and oxygen atoms in total. The van der Waals surface area contributed by atoms with Crippen molar-refractivity contribution in [2.45, 2.75) is 28.4 Å². The summed E-state index contributed by atoms with van der Waals surface area (Å²) >= 11 is 3.01. The molecule has 0 radical (unpaired) electrons. The van der Waals surface area contributed by atoms with Gasteiger partial charge in [-0.3, -0.25) is 14.5 Å². The van der Waals surface area contributed by atoms with Crippen LogP contribution in [0.1, 0.15) is 10.8 Å². The zero-order valence-electron chi connectivity index (χ0n) is 20.6. The topological polar surface area (TPSA) is 230 Å². The van der Waals surface area contributed by atoms with Gasteiger partial charge in [-0.1, -0.05) is 17.8 Å². The second-order valence-electron chi connectivity index (χ2n) is 7.34. The van der Waals surface area contributed by atoms with Gasteiger partial charge in [0.2, 0.25) is 11.1 Å². The van der Waals surface area contributed by atoms with Crippen LogP contribution in [-0.2, 0) is 35.2 Å². The Hall–Kier alpha value is 0.000000000000000444. The van der Waals surface area contributed by atoms with E-state index in [-0.39, 0.29) is 116 Å². The molecule has 192 valence electrons. The van der Waals surface area contributed by atoms with E-state index in [0.717, 1.165) is 44.4 Å². The molecule has 3 atom stereocenters. The van der Waals surface area contributed by atoms with Gasteiger partial charge in [0.05, 0.1) is 17.6 Å². The molecule has 1 fully saturated rings. The molecule has 2 aromatic rings. The van der Waals surface area contributed by atoms with Crippen LogP contribution in [0, 0.1) is 0 Å². The second-order valence-corrected chi connectivity index (χ2v) is 11.7. The average Bonchev–Trinajstić information content (AvgIpc) is 3.46. The van der Waals surface area contributed by atoms with Crippen molar-refractivity contribution in [2.24, 2.45) is 0 Å². The Morgan fingerprint density at radius 2 is 1.92 bits per heavy atom. The minimum Gasteiger partial charge on any atom is -0.747 e. The molecule has 2 aliphatic heterocycles. The van der Waals surface area contributed by atoms with Gasteiger partial charge in [0.25, 0.3) is 5.91 Å². The van der Waals surface area contributed by atoms with Gasteiger partial charge in [-0.2, -0.15) is 0 Å². The van der Waals surface area contributed by atoms with E-state index in [0.29, 0.717) is 0 Å². The van der Waals surface area contributed by atoms with Gasteiger partial charge < -0.3 is 29.7 Å². The first-order valence-electron chi connectivity index (χ1n) is 9.73. The Kier molecular flexibility index (Phi) is 14.7. The first-order valence-corrected chi connectivity index (χ1v) is 14.2. The van der Waals surface area contributed by atoms with Crippen molar-refractivity contribution in [3.63, 3.8) is 0 Å². The van der Waals surface area contributed by atoms with Crippen molar-refractivity contribution in [1.29, 1.82) is 0 Å². The molecule has 4 rings (SSSR count). The predicted molar refractivity (Wildman–Crippen MR) is 117 cm³/mol. The molecule has 1 N–H and O–H groups in total. The number of aromatic nitrogens is 4. The molecule has 2 unspecified atom stereocenters. The monoisotopic (exact) mass is 642 g/mol. The van der Waals surface area contributed by atoms with Gasteiger partial charge in [0, 0.05) is 16.4 Å². The van der Waals surface area contributed by atoms with E-state index in [9.17, 15) is 42.4 Å². The van der Waals surface area contributed by atoms with Crippen molar-refractivity contribution in [1.82, 2.24) is 30.4 Å². The molecule has 0 aliphatic carbocycles. The quantitative estimate of drug-likeness (QED) is 0.0834. The molecular weight excluding hydrogens is 629 g/mol. The molecule has 2 aromatic heterocycles. The summed E-state index contributed by atoms with van der Waals surface area (Å²) in [4.78, 5) is 49.9. The fourth-order valence-corrected chi connectivity index (χ4v) is 7.24. The van der Waals surface area contributed by atoms with Gasteiger partial charge in [0.1, 0.15) is 33.3 Å². The van der Waals surface area contributed by atoms with Gasteiger partial charge in [-0.25, -0.2) is 13.1 Å². The van der Waals surface area contributed by atoms with E-state index in [1.165, 1.54) is 6.07 Å². The van der Waals surface area contributed by atoms with E-state index in [1.54, 1.807) is 11.4 Å². The first-order chi connectivity index (χ1) is 17.0. The largest absolute Gasteiger partial charge is 1.00 e. The van der Waals surface area contributed by atoms with Gasteiger partial charge in [0.15, 0.2) is 0 Å². The molecule has 22 heteroatoms. The van der Waals surface area contributed by atoms with Crippen LogP contribution in [0.3, 0.4) is 0 Å². The average molecular weight is 643 g/mol. The number of aliphatic carboxylic acids is 2. The van der Waals surface area contributed by atoms with Crippen LogP contribution in [-0.4, -0.2) is 84.8 Å².